The number of thiophene rings is 1. The molecule has 2 N–H and O–H groups in total. The first kappa shape index (κ1) is 10.9. The van der Waals surface area contributed by atoms with Gasteiger partial charge in [-0.15, -0.1) is 11.3 Å². The van der Waals surface area contributed by atoms with Crippen LogP contribution in [0.5, 0.6) is 0 Å². The number of fused-ring (bicyclic) bond motifs is 1. The molecule has 0 saturated heterocycles. The Bertz CT molecular complexity index is 609. The number of aromatic amines is 1. The summed E-state index contributed by atoms with van der Waals surface area (Å²) in [5.74, 6) is -0.822. The van der Waals surface area contributed by atoms with E-state index in [1.54, 1.807) is 0 Å². The van der Waals surface area contributed by atoms with Crippen molar-refractivity contribution in [1.29, 1.82) is 0 Å². The third-order valence-electron chi connectivity index (χ3n) is 2.35. The van der Waals surface area contributed by atoms with Gasteiger partial charge in [-0.3, -0.25) is 4.79 Å². The molecule has 2 heterocycles. The Balaban J connectivity index is 2.70. The Morgan fingerprint density at radius 3 is 2.69 bits per heavy atom. The first-order valence-corrected chi connectivity index (χ1v) is 5.70. The zero-order valence-corrected chi connectivity index (χ0v) is 9.72. The quantitative estimate of drug-likeness (QED) is 0.842. The van der Waals surface area contributed by atoms with Crippen molar-refractivity contribution in [3.05, 3.63) is 32.9 Å². The van der Waals surface area contributed by atoms with Crippen molar-refractivity contribution in [2.24, 2.45) is 0 Å². The van der Waals surface area contributed by atoms with Crippen LogP contribution in [0.25, 0.3) is 10.2 Å². The van der Waals surface area contributed by atoms with Crippen molar-refractivity contribution in [3.8, 4) is 0 Å². The van der Waals surface area contributed by atoms with Crippen molar-refractivity contribution in [2.45, 2.75) is 19.8 Å². The molecule has 2 aromatic heterocycles. The minimum atomic E-state index is -1.19. The molecule has 84 valence electrons. The molecule has 0 bridgehead atoms. The lowest BCUT2D eigenvalue weighted by atomic mass is 10.2. The number of hydrogen-bond donors (Lipinski definition) is 2. The fraction of sp³-hybridized carbons (Fsp3) is 0.273. The van der Waals surface area contributed by atoms with Gasteiger partial charge in [-0.25, -0.2) is 4.79 Å². The fourth-order valence-electron chi connectivity index (χ4n) is 1.46. The van der Waals surface area contributed by atoms with Gasteiger partial charge in [-0.05, 0) is 18.1 Å². The van der Waals surface area contributed by atoms with Crippen LogP contribution in [0.15, 0.2) is 16.9 Å². The maximum absolute atomic E-state index is 11.4. The fourth-order valence-corrected chi connectivity index (χ4v) is 2.52. The van der Waals surface area contributed by atoms with Crippen LogP contribution in [0, 0.1) is 0 Å². The molecule has 5 heteroatoms. The van der Waals surface area contributed by atoms with Crippen LogP contribution in [-0.2, 0) is 0 Å². The van der Waals surface area contributed by atoms with E-state index in [0.717, 1.165) is 9.58 Å². The second kappa shape index (κ2) is 3.75. The van der Waals surface area contributed by atoms with Gasteiger partial charge in [0.15, 0.2) is 0 Å². The normalized spacial score (nSPS) is 11.2. The summed E-state index contributed by atoms with van der Waals surface area (Å²) in [5, 5.41) is 8.83. The summed E-state index contributed by atoms with van der Waals surface area (Å²) in [6, 6.07) is 3.34. The number of rotatable bonds is 2. The van der Waals surface area contributed by atoms with Crippen molar-refractivity contribution in [2.75, 3.05) is 0 Å². The standard InChI is InChI=1S/C11H11NO3S/c1-5(2)8-4-7-9(16-8)3-6(11(14)15)10(13)12-7/h3-5H,1-2H3,(H,12,13)(H,14,15). The van der Waals surface area contributed by atoms with E-state index in [0.29, 0.717) is 11.4 Å². The molecular formula is C11H11NO3S. The van der Waals surface area contributed by atoms with Crippen LogP contribution in [0.3, 0.4) is 0 Å². The van der Waals surface area contributed by atoms with Gasteiger partial charge >= 0.3 is 5.97 Å². The van der Waals surface area contributed by atoms with Crippen molar-refractivity contribution < 1.29 is 9.90 Å². The smallest absolute Gasteiger partial charge is 0.341 e. The molecular weight excluding hydrogens is 226 g/mol. The number of nitrogens with one attached hydrogen (secondary N) is 1. The molecule has 0 aliphatic rings. The van der Waals surface area contributed by atoms with Gasteiger partial charge in [0.2, 0.25) is 0 Å². The molecule has 0 aliphatic carbocycles. The molecule has 0 atom stereocenters. The van der Waals surface area contributed by atoms with E-state index in [9.17, 15) is 9.59 Å². The minimum Gasteiger partial charge on any atom is -0.477 e. The predicted octanol–water partition coefficient (Wildman–Crippen LogP) is 2.41. The molecule has 4 nitrogen and oxygen atoms in total. The minimum absolute atomic E-state index is 0.204. The van der Waals surface area contributed by atoms with Crippen LogP contribution >= 0.6 is 11.3 Å². The number of aromatic carboxylic acids is 1. The van der Waals surface area contributed by atoms with E-state index in [-0.39, 0.29) is 5.56 Å². The molecule has 0 saturated carbocycles. The number of H-pyrrole nitrogens is 1. The summed E-state index contributed by atoms with van der Waals surface area (Å²) in [5.41, 5.74) is -0.0403. The molecule has 0 radical (unpaired) electrons. The maximum Gasteiger partial charge on any atom is 0.341 e. The third-order valence-corrected chi connectivity index (χ3v) is 3.73. The number of carboxylic acid groups (broad SMARTS) is 1. The Labute approximate surface area is 95.6 Å². The lowest BCUT2D eigenvalue weighted by molar-refractivity contribution is 0.0695. The average molecular weight is 237 g/mol. The Morgan fingerprint density at radius 1 is 1.44 bits per heavy atom. The summed E-state index contributed by atoms with van der Waals surface area (Å²) < 4.78 is 0.806. The van der Waals surface area contributed by atoms with E-state index >= 15 is 0 Å². The zero-order valence-electron chi connectivity index (χ0n) is 8.90. The Kier molecular flexibility index (Phi) is 2.55. The highest BCUT2D eigenvalue weighted by Crippen LogP contribution is 2.29. The topological polar surface area (TPSA) is 70.2 Å². The van der Waals surface area contributed by atoms with Crippen molar-refractivity contribution >= 4 is 27.5 Å². The summed E-state index contributed by atoms with van der Waals surface area (Å²) >= 11 is 1.51. The van der Waals surface area contributed by atoms with E-state index in [4.69, 9.17) is 5.11 Å². The first-order valence-electron chi connectivity index (χ1n) is 4.89. The number of carboxylic acids is 1. The summed E-state index contributed by atoms with van der Waals surface area (Å²) in [7, 11) is 0. The molecule has 2 aromatic rings. The Hall–Kier alpha value is -1.62. The number of carbonyl (C=O) groups is 1. The summed E-state index contributed by atoms with van der Waals surface area (Å²) in [6.45, 7) is 4.11. The molecule has 0 aliphatic heterocycles. The maximum atomic E-state index is 11.4. The lowest BCUT2D eigenvalue weighted by Crippen LogP contribution is -2.16. The average Bonchev–Trinajstić information content (AvgIpc) is 2.58. The highest BCUT2D eigenvalue weighted by molar-refractivity contribution is 7.19. The second-order valence-corrected chi connectivity index (χ2v) is 5.01. The summed E-state index contributed by atoms with van der Waals surface area (Å²) in [4.78, 5) is 25.9. The molecule has 0 unspecified atom stereocenters. The van der Waals surface area contributed by atoms with Gasteiger partial charge in [-0.1, -0.05) is 13.8 Å². The zero-order chi connectivity index (χ0) is 11.9. The predicted molar refractivity (Wildman–Crippen MR) is 63.5 cm³/mol. The van der Waals surface area contributed by atoms with Gasteiger partial charge in [-0.2, -0.15) is 0 Å². The van der Waals surface area contributed by atoms with Crippen LogP contribution in [0.1, 0.15) is 35.0 Å². The highest BCUT2D eigenvalue weighted by Gasteiger charge is 2.12. The van der Waals surface area contributed by atoms with E-state index in [1.165, 1.54) is 17.4 Å². The van der Waals surface area contributed by atoms with E-state index in [1.807, 2.05) is 6.07 Å². The van der Waals surface area contributed by atoms with Gasteiger partial charge in [0.25, 0.3) is 5.56 Å². The van der Waals surface area contributed by atoms with Crippen LogP contribution in [0.4, 0.5) is 0 Å². The number of pyridine rings is 1. The molecule has 0 amide bonds. The molecule has 2 rings (SSSR count). The van der Waals surface area contributed by atoms with Gasteiger partial charge < -0.3 is 10.1 Å². The van der Waals surface area contributed by atoms with Crippen molar-refractivity contribution in [1.82, 2.24) is 4.98 Å². The van der Waals surface area contributed by atoms with Crippen molar-refractivity contribution in [3.63, 3.8) is 0 Å². The van der Waals surface area contributed by atoms with Gasteiger partial charge in [0.1, 0.15) is 5.56 Å². The van der Waals surface area contributed by atoms with E-state index < -0.39 is 11.5 Å². The Morgan fingerprint density at radius 2 is 2.12 bits per heavy atom. The number of aromatic nitrogens is 1. The lowest BCUT2D eigenvalue weighted by Gasteiger charge is -1.95. The molecule has 16 heavy (non-hydrogen) atoms. The van der Waals surface area contributed by atoms with Crippen LogP contribution in [-0.4, -0.2) is 16.1 Å². The van der Waals surface area contributed by atoms with Crippen LogP contribution < -0.4 is 5.56 Å². The summed E-state index contributed by atoms with van der Waals surface area (Å²) in [6.07, 6.45) is 0. The van der Waals surface area contributed by atoms with Gasteiger partial charge in [0, 0.05) is 4.88 Å². The molecule has 0 spiro atoms. The molecule has 0 fully saturated rings. The third kappa shape index (κ3) is 1.74. The number of hydrogen-bond acceptors (Lipinski definition) is 3. The largest absolute Gasteiger partial charge is 0.477 e. The SMILES string of the molecule is CC(C)c1cc2[nH]c(=O)c(C(=O)O)cc2s1. The first-order chi connectivity index (χ1) is 7.49. The monoisotopic (exact) mass is 237 g/mol. The van der Waals surface area contributed by atoms with Crippen LogP contribution in [0.2, 0.25) is 0 Å². The highest BCUT2D eigenvalue weighted by atomic mass is 32.1. The second-order valence-electron chi connectivity index (χ2n) is 3.90. The van der Waals surface area contributed by atoms with Gasteiger partial charge in [0.05, 0.1) is 10.2 Å². The molecule has 0 aromatic carbocycles. The van der Waals surface area contributed by atoms with E-state index in [2.05, 4.69) is 18.8 Å².